The zero-order chi connectivity index (χ0) is 12.8. The van der Waals surface area contributed by atoms with Gasteiger partial charge in [-0.2, -0.15) is 5.10 Å². The third kappa shape index (κ3) is 1.47. The highest BCUT2D eigenvalue weighted by atomic mass is 32.1. The average molecular weight is 268 g/mol. The number of nitrogens with zero attached hydrogens (tertiary/aromatic N) is 1. The second-order valence-corrected chi connectivity index (χ2v) is 5.56. The van der Waals surface area contributed by atoms with E-state index in [9.17, 15) is 0 Å². The molecule has 3 aromatic rings. The molecule has 0 atom stereocenters. The van der Waals surface area contributed by atoms with Gasteiger partial charge < -0.3 is 4.74 Å². The molecule has 4 heteroatoms. The fourth-order valence-electron chi connectivity index (χ4n) is 2.68. The number of thiophene rings is 1. The van der Waals surface area contributed by atoms with E-state index in [-0.39, 0.29) is 0 Å². The van der Waals surface area contributed by atoms with Gasteiger partial charge >= 0.3 is 0 Å². The Bertz CT molecular complexity index is 757. The van der Waals surface area contributed by atoms with Crippen LogP contribution in [0, 0.1) is 0 Å². The lowest BCUT2D eigenvalue weighted by atomic mass is 10.1. The summed E-state index contributed by atoms with van der Waals surface area (Å²) in [4.78, 5) is 1.41. The van der Waals surface area contributed by atoms with Crippen LogP contribution >= 0.6 is 11.3 Å². The van der Waals surface area contributed by atoms with Gasteiger partial charge in [-0.3, -0.25) is 5.10 Å². The first-order valence-electron chi connectivity index (χ1n) is 6.16. The molecule has 94 valence electrons. The van der Waals surface area contributed by atoms with Crippen LogP contribution in [-0.2, 0) is 6.42 Å². The number of nitrogens with one attached hydrogen (secondary N) is 1. The molecule has 2 heterocycles. The van der Waals surface area contributed by atoms with Crippen LogP contribution in [0.1, 0.15) is 10.4 Å². The first kappa shape index (κ1) is 10.8. The highest BCUT2D eigenvalue weighted by molar-refractivity contribution is 7.10. The number of hydrogen-bond donors (Lipinski definition) is 1. The van der Waals surface area contributed by atoms with E-state index < -0.39 is 0 Å². The van der Waals surface area contributed by atoms with E-state index in [0.717, 1.165) is 29.1 Å². The molecule has 0 amide bonds. The monoisotopic (exact) mass is 268 g/mol. The maximum atomic E-state index is 5.44. The largest absolute Gasteiger partial charge is 0.496 e. The van der Waals surface area contributed by atoms with Crippen LogP contribution in [0.25, 0.3) is 22.5 Å². The van der Waals surface area contributed by atoms with E-state index in [0.29, 0.717) is 0 Å². The second-order valence-electron chi connectivity index (χ2n) is 4.56. The minimum Gasteiger partial charge on any atom is -0.496 e. The van der Waals surface area contributed by atoms with Gasteiger partial charge in [-0.25, -0.2) is 0 Å². The Morgan fingerprint density at radius 1 is 1.21 bits per heavy atom. The topological polar surface area (TPSA) is 37.9 Å². The maximum absolute atomic E-state index is 5.44. The number of benzene rings is 1. The fourth-order valence-corrected chi connectivity index (χ4v) is 3.57. The Morgan fingerprint density at radius 3 is 3.00 bits per heavy atom. The zero-order valence-corrected chi connectivity index (χ0v) is 11.3. The van der Waals surface area contributed by atoms with Crippen molar-refractivity contribution in [3.63, 3.8) is 0 Å². The van der Waals surface area contributed by atoms with E-state index in [1.54, 1.807) is 18.4 Å². The number of aromatic amines is 1. The molecule has 1 aliphatic rings. The maximum Gasteiger partial charge on any atom is 0.128 e. The number of ether oxygens (including phenoxy) is 1. The van der Waals surface area contributed by atoms with Crippen LogP contribution in [0.5, 0.6) is 5.75 Å². The average Bonchev–Trinajstić information content (AvgIpc) is 3.10. The van der Waals surface area contributed by atoms with Gasteiger partial charge in [-0.05, 0) is 23.6 Å². The minimum atomic E-state index is 0.879. The number of hydrogen-bond acceptors (Lipinski definition) is 3. The van der Waals surface area contributed by atoms with Crippen LogP contribution in [0.3, 0.4) is 0 Å². The molecule has 0 fully saturated rings. The van der Waals surface area contributed by atoms with Gasteiger partial charge in [0.2, 0.25) is 0 Å². The smallest absolute Gasteiger partial charge is 0.128 e. The summed E-state index contributed by atoms with van der Waals surface area (Å²) >= 11 is 1.80. The molecule has 0 bridgehead atoms. The quantitative estimate of drug-likeness (QED) is 0.601. The second kappa shape index (κ2) is 3.96. The molecule has 0 unspecified atom stereocenters. The standard InChI is InChI=1S/C15H12N2OS/c1-18-12-5-3-2-4-9(12)14-11-8-13-10(6-7-19-13)15(11)17-16-14/h2-7H,8H2,1H3,(H,16,17). The third-order valence-corrected chi connectivity index (χ3v) is 4.50. The first-order chi connectivity index (χ1) is 9.38. The van der Waals surface area contributed by atoms with Crippen LogP contribution in [-0.4, -0.2) is 17.3 Å². The Kier molecular flexibility index (Phi) is 2.26. The van der Waals surface area contributed by atoms with Crippen LogP contribution in [0.4, 0.5) is 0 Å². The number of para-hydroxylation sites is 1. The van der Waals surface area contributed by atoms with Crippen molar-refractivity contribution in [2.24, 2.45) is 0 Å². The van der Waals surface area contributed by atoms with Crippen LogP contribution in [0.15, 0.2) is 35.7 Å². The summed E-state index contributed by atoms with van der Waals surface area (Å²) in [7, 11) is 1.70. The number of aromatic nitrogens is 2. The minimum absolute atomic E-state index is 0.879. The molecule has 19 heavy (non-hydrogen) atoms. The molecule has 0 aliphatic heterocycles. The molecular weight excluding hydrogens is 256 g/mol. The molecule has 0 saturated heterocycles. The summed E-state index contributed by atoms with van der Waals surface area (Å²) in [5, 5.41) is 9.79. The van der Waals surface area contributed by atoms with Gasteiger partial charge in [-0.1, -0.05) is 12.1 Å². The fraction of sp³-hybridized carbons (Fsp3) is 0.133. The molecule has 1 aromatic carbocycles. The molecule has 2 aromatic heterocycles. The summed E-state index contributed by atoms with van der Waals surface area (Å²) in [5.74, 6) is 0.879. The van der Waals surface area contributed by atoms with E-state index in [1.807, 2.05) is 18.2 Å². The van der Waals surface area contributed by atoms with Crippen molar-refractivity contribution in [2.45, 2.75) is 6.42 Å². The molecular formula is C15H12N2OS. The van der Waals surface area contributed by atoms with Crippen molar-refractivity contribution in [2.75, 3.05) is 7.11 Å². The van der Waals surface area contributed by atoms with Gasteiger partial charge in [0.05, 0.1) is 18.5 Å². The lowest BCUT2D eigenvalue weighted by Crippen LogP contribution is -1.90. The highest BCUT2D eigenvalue weighted by Crippen LogP contribution is 2.43. The lowest BCUT2D eigenvalue weighted by Gasteiger charge is -2.07. The Balaban J connectivity index is 1.90. The first-order valence-corrected chi connectivity index (χ1v) is 7.04. The van der Waals surface area contributed by atoms with Crippen molar-refractivity contribution in [1.29, 1.82) is 0 Å². The molecule has 1 aliphatic carbocycles. The Labute approximate surface area is 114 Å². The van der Waals surface area contributed by atoms with Gasteiger partial charge in [0.25, 0.3) is 0 Å². The summed E-state index contributed by atoms with van der Waals surface area (Å²) in [6.07, 6.45) is 0.964. The summed E-state index contributed by atoms with van der Waals surface area (Å²) in [5.41, 5.74) is 5.81. The zero-order valence-electron chi connectivity index (χ0n) is 10.4. The summed E-state index contributed by atoms with van der Waals surface area (Å²) < 4.78 is 5.44. The predicted molar refractivity (Wildman–Crippen MR) is 76.7 cm³/mol. The lowest BCUT2D eigenvalue weighted by molar-refractivity contribution is 0.416. The van der Waals surface area contributed by atoms with Gasteiger partial charge in [0.15, 0.2) is 0 Å². The summed E-state index contributed by atoms with van der Waals surface area (Å²) in [6.45, 7) is 0. The third-order valence-electron chi connectivity index (χ3n) is 3.58. The molecule has 1 N–H and O–H groups in total. The van der Waals surface area contributed by atoms with E-state index in [2.05, 4.69) is 27.7 Å². The number of H-pyrrole nitrogens is 1. The van der Waals surface area contributed by atoms with Gasteiger partial charge in [0.1, 0.15) is 5.75 Å². The van der Waals surface area contributed by atoms with E-state index in [4.69, 9.17) is 4.74 Å². The number of fused-ring (bicyclic) bond motifs is 3. The van der Waals surface area contributed by atoms with Crippen molar-refractivity contribution >= 4 is 11.3 Å². The van der Waals surface area contributed by atoms with Crippen molar-refractivity contribution in [3.8, 4) is 28.3 Å². The van der Waals surface area contributed by atoms with E-state index >= 15 is 0 Å². The van der Waals surface area contributed by atoms with Gasteiger partial charge in [0, 0.05) is 28.0 Å². The highest BCUT2D eigenvalue weighted by Gasteiger charge is 2.26. The van der Waals surface area contributed by atoms with Crippen molar-refractivity contribution in [3.05, 3.63) is 46.2 Å². The van der Waals surface area contributed by atoms with Crippen molar-refractivity contribution in [1.82, 2.24) is 10.2 Å². The molecule has 0 radical (unpaired) electrons. The van der Waals surface area contributed by atoms with E-state index in [1.165, 1.54) is 16.0 Å². The van der Waals surface area contributed by atoms with Crippen LogP contribution < -0.4 is 4.74 Å². The molecule has 0 spiro atoms. The molecule has 0 saturated carbocycles. The predicted octanol–water partition coefficient (Wildman–Crippen LogP) is 3.72. The Morgan fingerprint density at radius 2 is 2.11 bits per heavy atom. The number of rotatable bonds is 2. The Hall–Kier alpha value is -2.07. The molecule has 3 nitrogen and oxygen atoms in total. The SMILES string of the molecule is COc1ccccc1-c1[nH]nc2c1Cc1sccc1-2. The molecule has 4 rings (SSSR count). The van der Waals surface area contributed by atoms with Crippen LogP contribution in [0.2, 0.25) is 0 Å². The van der Waals surface area contributed by atoms with Gasteiger partial charge in [-0.15, -0.1) is 11.3 Å². The number of methoxy groups -OCH3 is 1. The normalized spacial score (nSPS) is 12.3. The van der Waals surface area contributed by atoms with Crippen molar-refractivity contribution < 1.29 is 4.74 Å². The summed E-state index contributed by atoms with van der Waals surface area (Å²) in [6, 6.07) is 10.2.